The number of halogens is 2. The van der Waals surface area contributed by atoms with E-state index in [1.165, 1.54) is 44.5 Å². The van der Waals surface area contributed by atoms with E-state index >= 15 is 0 Å². The van der Waals surface area contributed by atoms with Crippen LogP contribution in [0.1, 0.15) is 60.8 Å². The van der Waals surface area contributed by atoms with Crippen molar-refractivity contribution in [1.82, 2.24) is 0 Å². The summed E-state index contributed by atoms with van der Waals surface area (Å²) >= 11 is 1.74. The Labute approximate surface area is 269 Å². The molecule has 4 aromatic rings. The maximum atomic E-state index is 3.46. The third-order valence-electron chi connectivity index (χ3n) is 6.87. The minimum atomic E-state index is 0. The standard InChI is InChI=1S/2C17H15.C2H6Si.2ClH.Zr/c2*1-2-13-11-12-17-15(13)9-6-10-16(17)14-7-4-3-5-8-14;1-3-2;;;/h2*3-10,12-13H,2H2,1H3;1-2H3;2*1H;/q2*-1;;;;+2/p-2. The van der Waals surface area contributed by atoms with Gasteiger partial charge in [0.25, 0.3) is 0 Å². The van der Waals surface area contributed by atoms with Gasteiger partial charge >= 0.3 is 41.9 Å². The molecule has 0 fully saturated rings. The van der Waals surface area contributed by atoms with Crippen LogP contribution in [0.5, 0.6) is 0 Å². The zero-order chi connectivity index (χ0) is 26.9. The molecule has 0 aromatic heterocycles. The largest absolute Gasteiger partial charge is 1.00 e. The Morgan fingerprint density at radius 2 is 0.925 bits per heavy atom. The van der Waals surface area contributed by atoms with Crippen LogP contribution < -0.4 is 24.8 Å². The molecule has 2 unspecified atom stereocenters. The number of allylic oxidation sites excluding steroid dienone is 2. The van der Waals surface area contributed by atoms with Gasteiger partial charge in [0, 0.05) is 0 Å². The van der Waals surface area contributed by atoms with E-state index in [1.807, 2.05) is 0 Å². The predicted octanol–water partition coefficient (Wildman–Crippen LogP) is 4.15. The molecule has 40 heavy (non-hydrogen) atoms. The summed E-state index contributed by atoms with van der Waals surface area (Å²) in [5.41, 5.74) is 11.0. The van der Waals surface area contributed by atoms with Gasteiger partial charge in [0.1, 0.15) is 0 Å². The van der Waals surface area contributed by atoms with Gasteiger partial charge in [-0.3, -0.25) is 12.2 Å². The molecule has 4 heteroatoms. The Balaban J connectivity index is 0.000000237. The number of hydrogen-bond donors (Lipinski definition) is 0. The van der Waals surface area contributed by atoms with Crippen molar-refractivity contribution in [2.75, 3.05) is 0 Å². The van der Waals surface area contributed by atoms with Gasteiger partial charge < -0.3 is 24.8 Å². The van der Waals surface area contributed by atoms with Crippen molar-refractivity contribution >= 4 is 17.6 Å². The normalized spacial score (nSPS) is 15.2. The monoisotopic (exact) mass is 656 g/mol. The third-order valence-corrected chi connectivity index (χ3v) is 6.87. The summed E-state index contributed by atoms with van der Waals surface area (Å²) in [4.78, 5) is 0. The van der Waals surface area contributed by atoms with E-state index in [9.17, 15) is 0 Å². The minimum Gasteiger partial charge on any atom is -1.00 e. The van der Waals surface area contributed by atoms with Crippen molar-refractivity contribution in [3.63, 3.8) is 0 Å². The third kappa shape index (κ3) is 8.53. The van der Waals surface area contributed by atoms with Crippen LogP contribution in [0, 0.1) is 12.2 Å². The maximum absolute atomic E-state index is 3.46. The molecular formula is C36H36Cl2SiZr-2. The average molecular weight is 659 g/mol. The van der Waals surface area contributed by atoms with E-state index in [4.69, 9.17) is 0 Å². The molecule has 0 saturated heterocycles. The van der Waals surface area contributed by atoms with Gasteiger partial charge in [0.15, 0.2) is 0 Å². The Hall–Kier alpha value is -1.96. The Kier molecular flexibility index (Phi) is 14.6. The molecule has 0 amide bonds. The van der Waals surface area contributed by atoms with E-state index in [0.717, 1.165) is 12.8 Å². The predicted molar refractivity (Wildman–Crippen MR) is 163 cm³/mol. The first-order valence-corrected chi connectivity index (χ1v) is 19.8. The summed E-state index contributed by atoms with van der Waals surface area (Å²) in [6.45, 7) is 9.05. The van der Waals surface area contributed by atoms with Crippen LogP contribution in [0.2, 0.25) is 13.1 Å². The van der Waals surface area contributed by atoms with Crippen LogP contribution in [-0.2, 0) is 23.3 Å². The summed E-state index contributed by atoms with van der Waals surface area (Å²) < 4.78 is 0. The Morgan fingerprint density at radius 3 is 1.25 bits per heavy atom. The quantitative estimate of drug-likeness (QED) is 0.229. The van der Waals surface area contributed by atoms with Gasteiger partial charge in [-0.2, -0.15) is 11.1 Å². The van der Waals surface area contributed by atoms with E-state index in [1.54, 1.807) is 23.3 Å². The van der Waals surface area contributed by atoms with Gasteiger partial charge in [0.2, 0.25) is 0 Å². The van der Waals surface area contributed by atoms with Gasteiger partial charge in [-0.15, -0.1) is 11.1 Å². The van der Waals surface area contributed by atoms with Crippen molar-refractivity contribution in [2.24, 2.45) is 0 Å². The van der Waals surface area contributed by atoms with Crippen LogP contribution in [0.25, 0.3) is 34.4 Å². The van der Waals surface area contributed by atoms with Gasteiger partial charge in [-0.1, -0.05) is 147 Å². The van der Waals surface area contributed by atoms with E-state index in [-0.39, 0.29) is 30.2 Å². The zero-order valence-corrected chi connectivity index (χ0v) is 28.7. The number of rotatable bonds is 4. The second kappa shape index (κ2) is 17.1. The first-order valence-electron chi connectivity index (χ1n) is 13.6. The van der Waals surface area contributed by atoms with Gasteiger partial charge in [-0.25, -0.2) is 12.2 Å². The fourth-order valence-corrected chi connectivity index (χ4v) is 5.06. The van der Waals surface area contributed by atoms with Crippen LogP contribution in [0.4, 0.5) is 0 Å². The molecule has 0 saturated carbocycles. The minimum absolute atomic E-state index is 0. The molecule has 204 valence electrons. The Bertz CT molecular complexity index is 1320. The molecule has 0 spiro atoms. The van der Waals surface area contributed by atoms with Gasteiger partial charge in [-0.05, 0) is 11.1 Å². The van der Waals surface area contributed by atoms with Crippen molar-refractivity contribution in [1.29, 1.82) is 0 Å². The molecule has 0 radical (unpaired) electrons. The van der Waals surface area contributed by atoms with Crippen LogP contribution >= 0.6 is 0 Å². The SMILES string of the molecule is CCC1[C-]=Cc2c(-c3ccccc3)cccc21.CCC1[C-]=Cc2c(-c3ccccc3)cccc21.C[Si](C)=[Zr+2].[Cl-].[Cl-]. The summed E-state index contributed by atoms with van der Waals surface area (Å²) in [7, 11) is 0. The van der Waals surface area contributed by atoms with Crippen LogP contribution in [-0.4, -0.2) is 5.43 Å². The molecule has 6 rings (SSSR count). The number of hydrogen-bond acceptors (Lipinski definition) is 0. The van der Waals surface area contributed by atoms with Gasteiger partial charge in [0.05, 0.1) is 0 Å². The average Bonchev–Trinajstić information content (AvgIpc) is 3.58. The molecule has 2 aliphatic rings. The Morgan fingerprint density at radius 1 is 0.575 bits per heavy atom. The first kappa shape index (κ1) is 34.2. The molecule has 0 bridgehead atoms. The number of fused-ring (bicyclic) bond motifs is 2. The van der Waals surface area contributed by atoms with Crippen LogP contribution in [0.15, 0.2) is 97.1 Å². The number of benzene rings is 4. The molecule has 2 aliphatic carbocycles. The topological polar surface area (TPSA) is 0 Å². The fourth-order valence-electron chi connectivity index (χ4n) is 5.06. The smallest absolute Gasteiger partial charge is 1.00 e. The summed E-state index contributed by atoms with van der Waals surface area (Å²) in [6.07, 6.45) is 13.5. The van der Waals surface area contributed by atoms with Crippen LogP contribution in [0.3, 0.4) is 0 Å². The molecule has 2 atom stereocenters. The summed E-state index contributed by atoms with van der Waals surface area (Å²) in [5.74, 6) is 0.960. The first-order chi connectivity index (χ1) is 18.5. The second-order valence-corrected chi connectivity index (χ2v) is 19.3. The molecule has 4 aromatic carbocycles. The van der Waals surface area contributed by atoms with Crippen molar-refractivity contribution in [3.8, 4) is 22.3 Å². The summed E-state index contributed by atoms with van der Waals surface area (Å²) in [5, 5.41) is 0. The van der Waals surface area contributed by atoms with E-state index < -0.39 is 0 Å². The van der Waals surface area contributed by atoms with E-state index in [2.05, 4.69) is 148 Å². The molecule has 0 nitrogen and oxygen atoms in total. The van der Waals surface area contributed by atoms with Crippen molar-refractivity contribution < 1.29 is 48.1 Å². The molecule has 0 heterocycles. The molecular weight excluding hydrogens is 623 g/mol. The molecule has 0 aliphatic heterocycles. The maximum Gasteiger partial charge on any atom is -1.00 e. The second-order valence-electron chi connectivity index (χ2n) is 9.89. The van der Waals surface area contributed by atoms with Crippen molar-refractivity contribution in [3.05, 3.63) is 131 Å². The summed E-state index contributed by atoms with van der Waals surface area (Å²) in [6, 6.07) is 34.3. The molecule has 0 N–H and O–H groups in total. The van der Waals surface area contributed by atoms with E-state index in [0.29, 0.717) is 11.8 Å². The zero-order valence-electron chi connectivity index (χ0n) is 23.7. The van der Waals surface area contributed by atoms with Crippen molar-refractivity contribution in [2.45, 2.75) is 51.6 Å². The fraction of sp³-hybridized carbons (Fsp3) is 0.222.